The molecule has 5 nitrogen and oxygen atoms in total. The highest BCUT2D eigenvalue weighted by Crippen LogP contribution is 2.32. The largest absolute Gasteiger partial charge is 0.493 e. The maximum atomic E-state index is 13.3. The number of nitrogens with one attached hydrogen (secondary N) is 1. The Balaban J connectivity index is 1.59. The lowest BCUT2D eigenvalue weighted by Crippen LogP contribution is -2.39. The first kappa shape index (κ1) is 21.2. The summed E-state index contributed by atoms with van der Waals surface area (Å²) >= 11 is 0. The molecule has 0 bridgehead atoms. The number of methoxy groups -OCH3 is 1. The van der Waals surface area contributed by atoms with E-state index in [9.17, 15) is 26.3 Å². The van der Waals surface area contributed by atoms with Gasteiger partial charge < -0.3 is 10.1 Å². The summed E-state index contributed by atoms with van der Waals surface area (Å²) in [6, 6.07) is 2.62. The van der Waals surface area contributed by atoms with E-state index in [2.05, 4.69) is 15.5 Å². The summed E-state index contributed by atoms with van der Waals surface area (Å²) < 4.78 is 82.9. The van der Waals surface area contributed by atoms with Gasteiger partial charge in [-0.15, -0.1) is 10.2 Å². The maximum absolute atomic E-state index is 13.3. The summed E-state index contributed by atoms with van der Waals surface area (Å²) in [4.78, 5) is 1.94. The number of halogens is 6. The van der Waals surface area contributed by atoms with Gasteiger partial charge in [0.2, 0.25) is 0 Å². The van der Waals surface area contributed by atoms with E-state index in [-0.39, 0.29) is 24.2 Å². The standard InChI is InChI=1S/C18H18F6N4O/c1-29-14-8-15(18(22,23)24)26-27-17(14)25-11-2-4-28(5-3-11)9-10-6-12(19)16(21)13(20)7-10/h6-8,11H,2-5,9H2,1H3,(H,25,27). The number of benzene rings is 1. The fourth-order valence-corrected chi connectivity index (χ4v) is 3.15. The van der Waals surface area contributed by atoms with Crippen molar-refractivity contribution in [2.45, 2.75) is 31.6 Å². The zero-order valence-corrected chi connectivity index (χ0v) is 15.4. The van der Waals surface area contributed by atoms with E-state index in [0.29, 0.717) is 31.5 Å². The highest BCUT2D eigenvalue weighted by molar-refractivity contribution is 5.50. The van der Waals surface area contributed by atoms with Gasteiger partial charge in [-0.25, -0.2) is 13.2 Å². The molecule has 0 unspecified atom stereocenters. The Labute approximate surface area is 162 Å². The number of likely N-dealkylation sites (tertiary alicyclic amines) is 1. The van der Waals surface area contributed by atoms with Gasteiger partial charge in [0, 0.05) is 31.7 Å². The number of rotatable bonds is 5. The van der Waals surface area contributed by atoms with Crippen LogP contribution in [0.1, 0.15) is 24.1 Å². The average Bonchev–Trinajstić information content (AvgIpc) is 2.67. The van der Waals surface area contributed by atoms with Gasteiger partial charge in [0.1, 0.15) is 0 Å². The van der Waals surface area contributed by atoms with Crippen LogP contribution in [0.15, 0.2) is 18.2 Å². The van der Waals surface area contributed by atoms with E-state index in [0.717, 1.165) is 18.2 Å². The van der Waals surface area contributed by atoms with Gasteiger partial charge >= 0.3 is 6.18 Å². The van der Waals surface area contributed by atoms with E-state index in [1.807, 2.05) is 4.90 Å². The second-order valence-corrected chi connectivity index (χ2v) is 6.71. The lowest BCUT2D eigenvalue weighted by Gasteiger charge is -2.32. The fraction of sp³-hybridized carbons (Fsp3) is 0.444. The maximum Gasteiger partial charge on any atom is 0.435 e. The Kier molecular flexibility index (Phi) is 6.15. The Hall–Kier alpha value is -2.56. The van der Waals surface area contributed by atoms with Crippen molar-refractivity contribution in [3.63, 3.8) is 0 Å². The van der Waals surface area contributed by atoms with Crippen LogP contribution in [-0.2, 0) is 12.7 Å². The smallest absolute Gasteiger partial charge is 0.435 e. The zero-order valence-electron chi connectivity index (χ0n) is 15.4. The van der Waals surface area contributed by atoms with Crippen LogP contribution >= 0.6 is 0 Å². The Morgan fingerprint density at radius 2 is 1.69 bits per heavy atom. The predicted octanol–water partition coefficient (Wildman–Crippen LogP) is 4.00. The fourth-order valence-electron chi connectivity index (χ4n) is 3.15. The minimum absolute atomic E-state index is 0.0629. The Bertz CT molecular complexity index is 845. The van der Waals surface area contributed by atoms with Crippen LogP contribution in [0.25, 0.3) is 0 Å². The second kappa shape index (κ2) is 8.44. The average molecular weight is 420 g/mol. The molecule has 0 aliphatic carbocycles. The number of alkyl halides is 3. The van der Waals surface area contributed by atoms with Crippen molar-refractivity contribution in [3.05, 3.63) is 46.9 Å². The molecule has 1 aromatic heterocycles. The van der Waals surface area contributed by atoms with Gasteiger partial charge in [-0.05, 0) is 30.5 Å². The van der Waals surface area contributed by atoms with Crippen LogP contribution in [0.5, 0.6) is 5.75 Å². The van der Waals surface area contributed by atoms with Gasteiger partial charge in [-0.2, -0.15) is 13.2 Å². The molecule has 0 radical (unpaired) electrons. The molecule has 0 amide bonds. The highest BCUT2D eigenvalue weighted by Gasteiger charge is 2.34. The normalized spacial score (nSPS) is 16.1. The van der Waals surface area contributed by atoms with Gasteiger partial charge in [0.25, 0.3) is 0 Å². The molecule has 0 spiro atoms. The topological polar surface area (TPSA) is 50.3 Å². The molecule has 1 N–H and O–H groups in total. The molecular formula is C18H18F6N4O. The number of nitrogens with zero attached hydrogens (tertiary/aromatic N) is 3. The summed E-state index contributed by atoms with van der Waals surface area (Å²) in [5.74, 6) is -3.91. The molecule has 0 atom stereocenters. The molecule has 1 aliphatic heterocycles. The van der Waals surface area contributed by atoms with Crippen LogP contribution in [0.2, 0.25) is 0 Å². The zero-order chi connectivity index (χ0) is 21.2. The van der Waals surface area contributed by atoms with Gasteiger partial charge in [0.15, 0.2) is 34.7 Å². The van der Waals surface area contributed by atoms with Crippen LogP contribution in [0.4, 0.5) is 32.2 Å². The first-order chi connectivity index (χ1) is 13.7. The van der Waals surface area contributed by atoms with Crippen molar-refractivity contribution >= 4 is 5.82 Å². The third-order valence-electron chi connectivity index (χ3n) is 4.65. The molecule has 29 heavy (non-hydrogen) atoms. The van der Waals surface area contributed by atoms with Crippen LogP contribution in [0, 0.1) is 17.5 Å². The molecule has 158 valence electrons. The third-order valence-corrected chi connectivity index (χ3v) is 4.65. The Morgan fingerprint density at radius 3 is 2.24 bits per heavy atom. The van der Waals surface area contributed by atoms with Crippen LogP contribution < -0.4 is 10.1 Å². The number of piperidine rings is 1. The molecule has 1 aliphatic rings. The summed E-state index contributed by atoms with van der Waals surface area (Å²) in [6.07, 6.45) is -3.40. The van der Waals surface area contributed by atoms with Crippen molar-refractivity contribution in [2.75, 3.05) is 25.5 Å². The van der Waals surface area contributed by atoms with Crippen molar-refractivity contribution in [2.24, 2.45) is 0 Å². The number of hydrogen-bond acceptors (Lipinski definition) is 5. The summed E-state index contributed by atoms with van der Waals surface area (Å²) in [5.41, 5.74) is -0.823. The quantitative estimate of drug-likeness (QED) is 0.586. The van der Waals surface area contributed by atoms with Crippen molar-refractivity contribution in [1.82, 2.24) is 15.1 Å². The number of ether oxygens (including phenoxy) is 1. The number of anilines is 1. The van der Waals surface area contributed by atoms with Crippen LogP contribution in [-0.4, -0.2) is 41.3 Å². The number of aromatic nitrogens is 2. The molecular weight excluding hydrogens is 402 g/mol. The van der Waals surface area contributed by atoms with E-state index >= 15 is 0 Å². The lowest BCUT2D eigenvalue weighted by molar-refractivity contribution is -0.141. The van der Waals surface area contributed by atoms with E-state index in [1.165, 1.54) is 7.11 Å². The monoisotopic (exact) mass is 420 g/mol. The predicted molar refractivity (Wildman–Crippen MR) is 91.8 cm³/mol. The van der Waals surface area contributed by atoms with E-state index in [1.54, 1.807) is 0 Å². The second-order valence-electron chi connectivity index (χ2n) is 6.71. The molecule has 2 heterocycles. The highest BCUT2D eigenvalue weighted by atomic mass is 19.4. The molecule has 1 fully saturated rings. The molecule has 0 saturated carbocycles. The summed E-state index contributed by atoms with van der Waals surface area (Å²) in [6.45, 7) is 1.38. The first-order valence-corrected chi connectivity index (χ1v) is 8.78. The molecule has 3 rings (SSSR count). The van der Waals surface area contributed by atoms with Crippen molar-refractivity contribution in [1.29, 1.82) is 0 Å². The molecule has 1 saturated heterocycles. The van der Waals surface area contributed by atoms with E-state index in [4.69, 9.17) is 4.74 Å². The SMILES string of the molecule is COc1cc(C(F)(F)F)nnc1NC1CCN(Cc2cc(F)c(F)c(F)c2)CC1. The van der Waals surface area contributed by atoms with Gasteiger partial charge in [-0.3, -0.25) is 4.90 Å². The number of hydrogen-bond donors (Lipinski definition) is 1. The minimum atomic E-state index is -4.62. The lowest BCUT2D eigenvalue weighted by atomic mass is 10.0. The molecule has 2 aromatic rings. The third kappa shape index (κ3) is 5.08. The van der Waals surface area contributed by atoms with Crippen LogP contribution in [0.3, 0.4) is 0 Å². The van der Waals surface area contributed by atoms with Crippen molar-refractivity contribution < 1.29 is 31.1 Å². The van der Waals surface area contributed by atoms with Crippen molar-refractivity contribution in [3.8, 4) is 5.75 Å². The summed E-state index contributed by atoms with van der Waals surface area (Å²) in [7, 11) is 1.24. The minimum Gasteiger partial charge on any atom is -0.493 e. The Morgan fingerprint density at radius 1 is 1.07 bits per heavy atom. The molecule has 1 aromatic carbocycles. The first-order valence-electron chi connectivity index (χ1n) is 8.78. The van der Waals surface area contributed by atoms with Gasteiger partial charge in [-0.1, -0.05) is 0 Å². The summed E-state index contributed by atoms with van der Waals surface area (Å²) in [5, 5.41) is 9.80. The molecule has 11 heteroatoms. The van der Waals surface area contributed by atoms with E-state index < -0.39 is 29.3 Å². The van der Waals surface area contributed by atoms with Gasteiger partial charge in [0.05, 0.1) is 7.11 Å².